The molecule has 0 spiro atoms. The highest BCUT2D eigenvalue weighted by Crippen LogP contribution is 2.10. The fraction of sp³-hybridized carbons (Fsp3) is 0.733. The lowest BCUT2D eigenvalue weighted by Gasteiger charge is -2.10. The van der Waals surface area contributed by atoms with E-state index in [0.29, 0.717) is 13.2 Å². The zero-order valence-corrected chi connectivity index (χ0v) is 14.3. The number of hydrogen-bond donors (Lipinski definition) is 2. The van der Waals surface area contributed by atoms with Crippen LogP contribution in [0.3, 0.4) is 0 Å². The molecule has 1 heterocycles. The Bertz CT molecular complexity index is 406. The second-order valence-electron chi connectivity index (χ2n) is 4.77. The molecule has 1 aromatic heterocycles. The fourth-order valence-electron chi connectivity index (χ4n) is 1.72. The smallest absolute Gasteiger partial charge is 0.191 e. The van der Waals surface area contributed by atoms with Gasteiger partial charge in [0.2, 0.25) is 0 Å². The van der Waals surface area contributed by atoms with Gasteiger partial charge in [0.15, 0.2) is 5.96 Å². The molecule has 0 bridgehead atoms. The molecular weight excluding hydrogens is 284 g/mol. The largest absolute Gasteiger partial charge is 0.380 e. The Morgan fingerprint density at radius 2 is 2.19 bits per heavy atom. The molecule has 0 fully saturated rings. The highest BCUT2D eigenvalue weighted by molar-refractivity contribution is 7.11. The molecule has 21 heavy (non-hydrogen) atoms. The maximum Gasteiger partial charge on any atom is 0.191 e. The number of aryl methyl sites for hydroxylation is 1. The Labute approximate surface area is 132 Å². The van der Waals surface area contributed by atoms with Gasteiger partial charge in [-0.1, -0.05) is 13.3 Å². The summed E-state index contributed by atoms with van der Waals surface area (Å²) in [5, 5.41) is 7.74. The monoisotopic (exact) mass is 312 g/mol. The molecule has 0 aliphatic heterocycles. The summed E-state index contributed by atoms with van der Waals surface area (Å²) in [7, 11) is 0. The van der Waals surface area contributed by atoms with Crippen LogP contribution in [0.1, 0.15) is 36.6 Å². The van der Waals surface area contributed by atoms with Gasteiger partial charge in [0, 0.05) is 37.2 Å². The minimum absolute atomic E-state index is 0.683. The summed E-state index contributed by atoms with van der Waals surface area (Å²) >= 11 is 1.75. The predicted molar refractivity (Wildman–Crippen MR) is 90.3 cm³/mol. The van der Waals surface area contributed by atoms with E-state index in [1.165, 1.54) is 16.3 Å². The van der Waals surface area contributed by atoms with E-state index in [2.05, 4.69) is 41.4 Å². The van der Waals surface area contributed by atoms with Crippen molar-refractivity contribution in [2.75, 3.05) is 32.8 Å². The summed E-state index contributed by atoms with van der Waals surface area (Å²) in [6, 6.07) is 0. The molecule has 0 saturated heterocycles. The fourth-order valence-corrected chi connectivity index (χ4v) is 2.50. The third-order valence-electron chi connectivity index (χ3n) is 2.79. The van der Waals surface area contributed by atoms with E-state index in [4.69, 9.17) is 4.74 Å². The van der Waals surface area contributed by atoms with Crippen molar-refractivity contribution in [3.05, 3.63) is 16.1 Å². The topological polar surface area (TPSA) is 58.5 Å². The summed E-state index contributed by atoms with van der Waals surface area (Å²) in [6.45, 7) is 10.2. The first-order valence-electron chi connectivity index (χ1n) is 7.77. The van der Waals surface area contributed by atoms with Gasteiger partial charge in [-0.3, -0.25) is 4.99 Å². The van der Waals surface area contributed by atoms with Crippen LogP contribution < -0.4 is 10.6 Å². The van der Waals surface area contributed by atoms with Crippen molar-refractivity contribution < 1.29 is 4.74 Å². The molecule has 1 aromatic rings. The van der Waals surface area contributed by atoms with E-state index in [1.54, 1.807) is 11.3 Å². The van der Waals surface area contributed by atoms with E-state index in [9.17, 15) is 0 Å². The van der Waals surface area contributed by atoms with E-state index >= 15 is 0 Å². The molecule has 0 atom stereocenters. The molecule has 0 unspecified atom stereocenters. The number of aliphatic imine (C=N–C) groups is 1. The number of aromatic nitrogens is 1. The quantitative estimate of drug-likeness (QED) is 0.396. The number of guanidine groups is 1. The normalized spacial score (nSPS) is 11.7. The van der Waals surface area contributed by atoms with Crippen LogP contribution in [0.4, 0.5) is 0 Å². The molecular formula is C15H28N4OS. The molecule has 0 aliphatic rings. The molecule has 0 aromatic carbocycles. The number of rotatable bonds is 10. The van der Waals surface area contributed by atoms with E-state index < -0.39 is 0 Å². The number of hydrogen-bond acceptors (Lipinski definition) is 4. The second kappa shape index (κ2) is 11.5. The minimum atomic E-state index is 0.683. The van der Waals surface area contributed by atoms with Crippen LogP contribution in [0.5, 0.6) is 0 Å². The summed E-state index contributed by atoms with van der Waals surface area (Å²) in [5.41, 5.74) is 0. The van der Waals surface area contributed by atoms with Crippen LogP contribution in [0.15, 0.2) is 11.2 Å². The average Bonchev–Trinajstić information content (AvgIpc) is 2.88. The third kappa shape index (κ3) is 8.67. The van der Waals surface area contributed by atoms with Crippen molar-refractivity contribution >= 4 is 17.3 Å². The van der Waals surface area contributed by atoms with Crippen molar-refractivity contribution in [2.24, 2.45) is 4.99 Å². The lowest BCUT2D eigenvalue weighted by atomic mass is 10.4. The standard InChI is InChI=1S/C15H28N4OS/c1-4-6-10-20-11-9-18-15(16-5-2)17-8-7-14-19-12-13(3)21-14/h12H,4-11H2,1-3H3,(H2,16,17,18). The van der Waals surface area contributed by atoms with Crippen molar-refractivity contribution in [1.82, 2.24) is 15.6 Å². The first-order valence-corrected chi connectivity index (χ1v) is 8.59. The Kier molecular flexibility index (Phi) is 9.82. The van der Waals surface area contributed by atoms with E-state index in [-0.39, 0.29) is 0 Å². The molecule has 0 saturated carbocycles. The Morgan fingerprint density at radius 3 is 2.86 bits per heavy atom. The van der Waals surface area contributed by atoms with E-state index in [1.807, 2.05) is 6.20 Å². The molecule has 120 valence electrons. The predicted octanol–water partition coefficient (Wildman–Crippen LogP) is 2.37. The van der Waals surface area contributed by atoms with Gasteiger partial charge in [-0.05, 0) is 20.3 Å². The van der Waals surface area contributed by atoms with Gasteiger partial charge in [-0.25, -0.2) is 4.98 Å². The Morgan fingerprint density at radius 1 is 1.33 bits per heavy atom. The summed E-state index contributed by atoms with van der Waals surface area (Å²) < 4.78 is 5.51. The van der Waals surface area contributed by atoms with Crippen molar-refractivity contribution in [3.8, 4) is 0 Å². The van der Waals surface area contributed by atoms with Gasteiger partial charge >= 0.3 is 0 Å². The number of nitrogens with one attached hydrogen (secondary N) is 2. The second-order valence-corrected chi connectivity index (χ2v) is 6.09. The highest BCUT2D eigenvalue weighted by atomic mass is 32.1. The number of nitrogens with zero attached hydrogens (tertiary/aromatic N) is 2. The molecule has 2 N–H and O–H groups in total. The summed E-state index contributed by atoms with van der Waals surface area (Å²) in [5.74, 6) is 0.852. The maximum atomic E-state index is 5.51. The molecule has 6 heteroatoms. The van der Waals surface area contributed by atoms with Gasteiger partial charge in [-0.2, -0.15) is 0 Å². The zero-order valence-electron chi connectivity index (χ0n) is 13.4. The van der Waals surface area contributed by atoms with Gasteiger partial charge in [-0.15, -0.1) is 11.3 Å². The Balaban J connectivity index is 2.21. The van der Waals surface area contributed by atoms with Gasteiger partial charge in [0.05, 0.1) is 18.2 Å². The first-order chi connectivity index (χ1) is 10.3. The highest BCUT2D eigenvalue weighted by Gasteiger charge is 2.00. The zero-order chi connectivity index (χ0) is 15.3. The van der Waals surface area contributed by atoms with Gasteiger partial charge < -0.3 is 15.4 Å². The van der Waals surface area contributed by atoms with Crippen LogP contribution in [-0.4, -0.2) is 43.8 Å². The van der Waals surface area contributed by atoms with Crippen molar-refractivity contribution in [1.29, 1.82) is 0 Å². The lowest BCUT2D eigenvalue weighted by molar-refractivity contribution is 0.139. The van der Waals surface area contributed by atoms with Gasteiger partial charge in [0.1, 0.15) is 0 Å². The van der Waals surface area contributed by atoms with Crippen molar-refractivity contribution in [3.63, 3.8) is 0 Å². The molecule has 0 aliphatic carbocycles. The van der Waals surface area contributed by atoms with Crippen LogP contribution in [-0.2, 0) is 11.2 Å². The number of ether oxygens (including phenoxy) is 1. The molecule has 1 rings (SSSR count). The van der Waals surface area contributed by atoms with Crippen LogP contribution >= 0.6 is 11.3 Å². The number of unbranched alkanes of at least 4 members (excludes halogenated alkanes) is 1. The van der Waals surface area contributed by atoms with Gasteiger partial charge in [0.25, 0.3) is 0 Å². The van der Waals surface area contributed by atoms with Crippen LogP contribution in [0.2, 0.25) is 0 Å². The minimum Gasteiger partial charge on any atom is -0.380 e. The van der Waals surface area contributed by atoms with Crippen LogP contribution in [0.25, 0.3) is 0 Å². The van der Waals surface area contributed by atoms with Crippen molar-refractivity contribution in [2.45, 2.75) is 40.0 Å². The Hall–Kier alpha value is -1.14. The third-order valence-corrected chi connectivity index (χ3v) is 3.76. The maximum absolute atomic E-state index is 5.51. The summed E-state index contributed by atoms with van der Waals surface area (Å²) in [6.07, 6.45) is 5.14. The molecule has 5 nitrogen and oxygen atoms in total. The summed E-state index contributed by atoms with van der Waals surface area (Å²) in [4.78, 5) is 10.1. The van der Waals surface area contributed by atoms with Crippen LogP contribution in [0, 0.1) is 6.92 Å². The molecule has 0 radical (unpaired) electrons. The molecule has 0 amide bonds. The average molecular weight is 312 g/mol. The van der Waals surface area contributed by atoms with E-state index in [0.717, 1.165) is 38.5 Å². The lowest BCUT2D eigenvalue weighted by Crippen LogP contribution is -2.38. The number of thiazole rings is 1. The first kappa shape index (κ1) is 17.9. The SMILES string of the molecule is CCCCOCCN=C(NCC)NCCc1ncc(C)s1.